The van der Waals surface area contributed by atoms with E-state index in [1.54, 1.807) is 13.0 Å². The van der Waals surface area contributed by atoms with Crippen molar-refractivity contribution < 1.29 is 24.2 Å². The lowest BCUT2D eigenvalue weighted by molar-refractivity contribution is -0.112. The third-order valence-corrected chi connectivity index (χ3v) is 2.79. The molecule has 0 radical (unpaired) electrons. The first-order valence-electron chi connectivity index (χ1n) is 7.37. The van der Waals surface area contributed by atoms with Gasteiger partial charge in [0.05, 0.1) is 12.2 Å². The van der Waals surface area contributed by atoms with E-state index >= 15 is 0 Å². The van der Waals surface area contributed by atoms with Crippen LogP contribution in [-0.4, -0.2) is 42.8 Å². The summed E-state index contributed by atoms with van der Waals surface area (Å²) in [5.41, 5.74) is 0.0790. The molecule has 0 bridgehead atoms. The standard InChI is InChI=1S/C16H18N4O5/c1-2-25-16(24)19-7-6-18-10-12(9-17)14(21)20-13-5-3-4-11(8-13)15(22)23/h3-5,8,10,18H,2,6-7H2,1H3,(H,19,24)(H,20,21)(H,22,23)/b12-10-. The number of alkyl carbamates (subject to hydrolysis) is 1. The normalized spacial score (nSPS) is 10.3. The molecule has 1 rings (SSSR count). The summed E-state index contributed by atoms with van der Waals surface area (Å²) in [4.78, 5) is 33.9. The van der Waals surface area contributed by atoms with Crippen LogP contribution in [0.25, 0.3) is 0 Å². The fraction of sp³-hybridized carbons (Fsp3) is 0.250. The molecule has 1 aromatic rings. The fourth-order valence-corrected chi connectivity index (χ4v) is 1.67. The summed E-state index contributed by atoms with van der Waals surface area (Å²) in [6, 6.07) is 7.40. The van der Waals surface area contributed by atoms with E-state index in [0.717, 1.165) is 0 Å². The van der Waals surface area contributed by atoms with Crippen molar-refractivity contribution in [3.8, 4) is 6.07 Å². The number of nitriles is 1. The molecule has 25 heavy (non-hydrogen) atoms. The van der Waals surface area contributed by atoms with Crippen LogP contribution in [0.15, 0.2) is 36.0 Å². The lowest BCUT2D eigenvalue weighted by Gasteiger charge is -2.07. The SMILES string of the molecule is CCOC(=O)NCCN/C=C(/C#N)C(=O)Nc1cccc(C(=O)O)c1. The average Bonchev–Trinajstić information content (AvgIpc) is 2.58. The number of nitrogens with one attached hydrogen (secondary N) is 3. The van der Waals surface area contributed by atoms with Gasteiger partial charge in [-0.1, -0.05) is 6.07 Å². The molecule has 9 nitrogen and oxygen atoms in total. The third-order valence-electron chi connectivity index (χ3n) is 2.79. The number of carboxylic acids is 1. The number of carbonyl (C=O) groups is 3. The summed E-state index contributed by atoms with van der Waals surface area (Å²) in [5.74, 6) is -1.81. The van der Waals surface area contributed by atoms with E-state index < -0.39 is 18.0 Å². The maximum atomic E-state index is 12.0. The summed E-state index contributed by atoms with van der Waals surface area (Å²) < 4.78 is 4.67. The third kappa shape index (κ3) is 7.04. The Morgan fingerprint density at radius 1 is 1.32 bits per heavy atom. The molecule has 2 amide bonds. The smallest absolute Gasteiger partial charge is 0.407 e. The van der Waals surface area contributed by atoms with Crippen LogP contribution in [0.1, 0.15) is 17.3 Å². The van der Waals surface area contributed by atoms with Gasteiger partial charge in [-0.3, -0.25) is 4.79 Å². The van der Waals surface area contributed by atoms with E-state index in [0.29, 0.717) is 0 Å². The zero-order valence-electron chi connectivity index (χ0n) is 13.5. The first kappa shape index (κ1) is 19.5. The number of carbonyl (C=O) groups excluding carboxylic acids is 2. The molecule has 0 aliphatic carbocycles. The van der Waals surface area contributed by atoms with Crippen LogP contribution in [-0.2, 0) is 9.53 Å². The highest BCUT2D eigenvalue weighted by molar-refractivity contribution is 6.06. The number of ether oxygens (including phenoxy) is 1. The van der Waals surface area contributed by atoms with Gasteiger partial charge in [0.15, 0.2) is 0 Å². The molecule has 0 unspecified atom stereocenters. The van der Waals surface area contributed by atoms with Crippen molar-refractivity contribution in [2.45, 2.75) is 6.92 Å². The van der Waals surface area contributed by atoms with Crippen molar-refractivity contribution in [1.82, 2.24) is 10.6 Å². The van der Waals surface area contributed by atoms with Crippen molar-refractivity contribution in [3.63, 3.8) is 0 Å². The van der Waals surface area contributed by atoms with Gasteiger partial charge >= 0.3 is 12.1 Å². The lowest BCUT2D eigenvalue weighted by Crippen LogP contribution is -2.31. The first-order valence-corrected chi connectivity index (χ1v) is 7.37. The number of amides is 2. The minimum absolute atomic E-state index is 0.0171. The molecule has 0 aliphatic rings. The van der Waals surface area contributed by atoms with Gasteiger partial charge in [0.1, 0.15) is 11.6 Å². The number of hydrogen-bond acceptors (Lipinski definition) is 6. The monoisotopic (exact) mass is 346 g/mol. The summed E-state index contributed by atoms with van der Waals surface area (Å²) >= 11 is 0. The lowest BCUT2D eigenvalue weighted by atomic mass is 10.2. The number of aromatic carboxylic acids is 1. The maximum Gasteiger partial charge on any atom is 0.407 e. The Morgan fingerprint density at radius 2 is 2.08 bits per heavy atom. The van der Waals surface area contributed by atoms with Gasteiger partial charge in [0, 0.05) is 25.0 Å². The number of hydrogen-bond donors (Lipinski definition) is 4. The van der Waals surface area contributed by atoms with E-state index in [9.17, 15) is 14.4 Å². The predicted molar refractivity (Wildman–Crippen MR) is 88.8 cm³/mol. The molecule has 1 aromatic carbocycles. The summed E-state index contributed by atoms with van der Waals surface area (Å²) in [7, 11) is 0. The Balaban J connectivity index is 2.54. The summed E-state index contributed by atoms with van der Waals surface area (Å²) in [5, 5.41) is 25.6. The minimum Gasteiger partial charge on any atom is -0.478 e. The molecular formula is C16H18N4O5. The van der Waals surface area contributed by atoms with Crippen molar-refractivity contribution in [3.05, 3.63) is 41.6 Å². The van der Waals surface area contributed by atoms with Gasteiger partial charge in [-0.25, -0.2) is 9.59 Å². The van der Waals surface area contributed by atoms with Crippen LogP contribution in [0.3, 0.4) is 0 Å². The molecule has 0 fully saturated rings. The van der Waals surface area contributed by atoms with Crippen LogP contribution in [0, 0.1) is 11.3 Å². The van der Waals surface area contributed by atoms with E-state index in [1.165, 1.54) is 30.5 Å². The largest absolute Gasteiger partial charge is 0.478 e. The molecule has 4 N–H and O–H groups in total. The van der Waals surface area contributed by atoms with E-state index in [-0.39, 0.29) is 36.5 Å². The van der Waals surface area contributed by atoms with Crippen molar-refractivity contribution in [2.24, 2.45) is 0 Å². The molecule has 0 aromatic heterocycles. The molecule has 0 saturated carbocycles. The van der Waals surface area contributed by atoms with Gasteiger partial charge in [0.25, 0.3) is 5.91 Å². The average molecular weight is 346 g/mol. The Labute approximate surface area is 144 Å². The zero-order chi connectivity index (χ0) is 18.7. The van der Waals surface area contributed by atoms with Crippen LogP contribution in [0.5, 0.6) is 0 Å². The highest BCUT2D eigenvalue weighted by Gasteiger charge is 2.10. The number of anilines is 1. The van der Waals surface area contributed by atoms with E-state index in [4.69, 9.17) is 10.4 Å². The van der Waals surface area contributed by atoms with Gasteiger partial charge in [-0.05, 0) is 25.1 Å². The van der Waals surface area contributed by atoms with Crippen molar-refractivity contribution in [2.75, 3.05) is 25.0 Å². The Hall–Kier alpha value is -3.54. The number of nitrogens with zero attached hydrogens (tertiary/aromatic N) is 1. The van der Waals surface area contributed by atoms with Crippen LogP contribution in [0.4, 0.5) is 10.5 Å². The quantitative estimate of drug-likeness (QED) is 0.313. The molecular weight excluding hydrogens is 328 g/mol. The zero-order valence-corrected chi connectivity index (χ0v) is 13.5. The topological polar surface area (TPSA) is 141 Å². The van der Waals surface area contributed by atoms with E-state index in [2.05, 4.69) is 20.7 Å². The molecule has 0 spiro atoms. The number of benzene rings is 1. The van der Waals surface area contributed by atoms with Crippen LogP contribution in [0.2, 0.25) is 0 Å². The fourth-order valence-electron chi connectivity index (χ4n) is 1.67. The van der Waals surface area contributed by atoms with Gasteiger partial charge in [-0.15, -0.1) is 0 Å². The Morgan fingerprint density at radius 3 is 2.72 bits per heavy atom. The van der Waals surface area contributed by atoms with Crippen LogP contribution >= 0.6 is 0 Å². The van der Waals surface area contributed by atoms with Gasteiger partial charge < -0.3 is 25.8 Å². The molecule has 0 saturated heterocycles. The predicted octanol–water partition coefficient (Wildman–Crippen LogP) is 1.07. The summed E-state index contributed by atoms with van der Waals surface area (Å²) in [6.45, 7) is 2.48. The molecule has 9 heteroatoms. The number of rotatable bonds is 8. The van der Waals surface area contributed by atoms with Crippen molar-refractivity contribution >= 4 is 23.7 Å². The van der Waals surface area contributed by atoms with Crippen LogP contribution < -0.4 is 16.0 Å². The van der Waals surface area contributed by atoms with Crippen molar-refractivity contribution in [1.29, 1.82) is 5.26 Å². The van der Waals surface area contributed by atoms with Gasteiger partial charge in [0.2, 0.25) is 0 Å². The second-order valence-corrected chi connectivity index (χ2v) is 4.61. The first-order chi connectivity index (χ1) is 12.0. The highest BCUT2D eigenvalue weighted by atomic mass is 16.5. The Bertz CT molecular complexity index is 709. The van der Waals surface area contributed by atoms with E-state index in [1.807, 2.05) is 0 Å². The molecule has 0 atom stereocenters. The molecule has 132 valence electrons. The minimum atomic E-state index is -1.12. The maximum absolute atomic E-state index is 12.0. The second-order valence-electron chi connectivity index (χ2n) is 4.61. The highest BCUT2D eigenvalue weighted by Crippen LogP contribution is 2.11. The molecule has 0 aliphatic heterocycles. The number of carboxylic acid groups (broad SMARTS) is 1. The summed E-state index contributed by atoms with van der Waals surface area (Å²) in [6.07, 6.45) is 0.660. The molecule has 0 heterocycles. The second kappa shape index (κ2) is 10.3. The Kier molecular flexibility index (Phi) is 8.02. The van der Waals surface area contributed by atoms with Gasteiger partial charge in [-0.2, -0.15) is 5.26 Å².